The predicted molar refractivity (Wildman–Crippen MR) is 81.7 cm³/mol. The van der Waals surface area contributed by atoms with Gasteiger partial charge in [-0.3, -0.25) is 4.79 Å². The molecule has 1 rings (SSSR count). The minimum absolute atomic E-state index is 0.0545. The highest BCUT2D eigenvalue weighted by atomic mass is 16.5. The molecule has 0 aliphatic rings. The fourth-order valence-corrected chi connectivity index (χ4v) is 1.82. The maximum absolute atomic E-state index is 11.8. The SMILES string of the molecule is CCCCNC(=O)C(C)Oc1ccc([C@H](N)CC)cc1. The minimum atomic E-state index is -0.488. The van der Waals surface area contributed by atoms with E-state index in [4.69, 9.17) is 10.5 Å². The summed E-state index contributed by atoms with van der Waals surface area (Å²) in [5.74, 6) is 0.614. The molecule has 1 aromatic carbocycles. The Morgan fingerprint density at radius 2 is 1.95 bits per heavy atom. The summed E-state index contributed by atoms with van der Waals surface area (Å²) < 4.78 is 5.62. The molecule has 3 N–H and O–H groups in total. The van der Waals surface area contributed by atoms with Crippen molar-refractivity contribution in [3.63, 3.8) is 0 Å². The van der Waals surface area contributed by atoms with Crippen LogP contribution in [-0.2, 0) is 4.79 Å². The topological polar surface area (TPSA) is 64.3 Å². The Hall–Kier alpha value is -1.55. The van der Waals surface area contributed by atoms with E-state index in [0.29, 0.717) is 12.3 Å². The van der Waals surface area contributed by atoms with Crippen molar-refractivity contribution in [3.8, 4) is 5.75 Å². The number of carbonyl (C=O) groups excluding carboxylic acids is 1. The molecule has 2 atom stereocenters. The Labute approximate surface area is 121 Å². The van der Waals surface area contributed by atoms with Crippen molar-refractivity contribution in [2.75, 3.05) is 6.54 Å². The molecule has 0 saturated carbocycles. The normalized spacial score (nSPS) is 13.6. The first kappa shape index (κ1) is 16.5. The summed E-state index contributed by atoms with van der Waals surface area (Å²) in [5.41, 5.74) is 7.04. The third kappa shape index (κ3) is 5.21. The number of nitrogens with two attached hydrogens (primary N) is 1. The summed E-state index contributed by atoms with van der Waals surface area (Å²) in [7, 11) is 0. The zero-order valence-corrected chi connectivity index (χ0v) is 12.7. The number of benzene rings is 1. The van der Waals surface area contributed by atoms with Gasteiger partial charge < -0.3 is 15.8 Å². The van der Waals surface area contributed by atoms with Crippen LogP contribution in [0.25, 0.3) is 0 Å². The number of amides is 1. The van der Waals surface area contributed by atoms with E-state index >= 15 is 0 Å². The molecule has 112 valence electrons. The number of hydrogen-bond acceptors (Lipinski definition) is 3. The molecule has 0 radical (unpaired) electrons. The molecule has 0 saturated heterocycles. The van der Waals surface area contributed by atoms with Crippen molar-refractivity contribution < 1.29 is 9.53 Å². The van der Waals surface area contributed by atoms with Gasteiger partial charge in [-0.2, -0.15) is 0 Å². The lowest BCUT2D eigenvalue weighted by atomic mass is 10.1. The van der Waals surface area contributed by atoms with Gasteiger partial charge in [-0.1, -0.05) is 32.4 Å². The first-order chi connectivity index (χ1) is 9.58. The zero-order valence-electron chi connectivity index (χ0n) is 12.7. The quantitative estimate of drug-likeness (QED) is 0.719. The number of hydrogen-bond donors (Lipinski definition) is 2. The second-order valence-electron chi connectivity index (χ2n) is 4.99. The molecule has 0 bridgehead atoms. The van der Waals surface area contributed by atoms with Crippen LogP contribution >= 0.6 is 0 Å². The largest absolute Gasteiger partial charge is 0.481 e. The Kier molecular flexibility index (Phi) is 7.09. The average molecular weight is 278 g/mol. The van der Waals surface area contributed by atoms with E-state index in [-0.39, 0.29) is 11.9 Å². The highest BCUT2D eigenvalue weighted by Crippen LogP contribution is 2.19. The van der Waals surface area contributed by atoms with Gasteiger partial charge in [-0.15, -0.1) is 0 Å². The van der Waals surface area contributed by atoms with E-state index in [1.165, 1.54) is 0 Å². The summed E-state index contributed by atoms with van der Waals surface area (Å²) in [6.45, 7) is 6.60. The molecule has 20 heavy (non-hydrogen) atoms. The number of nitrogens with one attached hydrogen (secondary N) is 1. The molecule has 1 unspecified atom stereocenters. The van der Waals surface area contributed by atoms with Crippen molar-refractivity contribution in [1.29, 1.82) is 0 Å². The molecule has 0 fully saturated rings. The van der Waals surface area contributed by atoms with Crippen LogP contribution in [0.1, 0.15) is 51.6 Å². The highest BCUT2D eigenvalue weighted by molar-refractivity contribution is 5.80. The van der Waals surface area contributed by atoms with E-state index in [2.05, 4.69) is 19.2 Å². The first-order valence-corrected chi connectivity index (χ1v) is 7.38. The Morgan fingerprint density at radius 1 is 1.30 bits per heavy atom. The summed E-state index contributed by atoms with van der Waals surface area (Å²) >= 11 is 0. The van der Waals surface area contributed by atoms with E-state index < -0.39 is 6.10 Å². The summed E-state index contributed by atoms with van der Waals surface area (Å²) in [6, 6.07) is 7.68. The van der Waals surface area contributed by atoms with Crippen LogP contribution in [0.4, 0.5) is 0 Å². The average Bonchev–Trinajstić information content (AvgIpc) is 2.47. The van der Waals surface area contributed by atoms with Crippen LogP contribution in [0.15, 0.2) is 24.3 Å². The lowest BCUT2D eigenvalue weighted by Crippen LogP contribution is -2.36. The highest BCUT2D eigenvalue weighted by Gasteiger charge is 2.14. The number of unbranched alkanes of at least 4 members (excludes halogenated alkanes) is 1. The Balaban J connectivity index is 2.49. The fraction of sp³-hybridized carbons (Fsp3) is 0.562. The Morgan fingerprint density at radius 3 is 2.50 bits per heavy atom. The van der Waals surface area contributed by atoms with Gasteiger partial charge in [0.05, 0.1) is 0 Å². The van der Waals surface area contributed by atoms with Crippen LogP contribution in [0, 0.1) is 0 Å². The van der Waals surface area contributed by atoms with E-state index in [0.717, 1.165) is 24.8 Å². The third-order valence-electron chi connectivity index (χ3n) is 3.26. The van der Waals surface area contributed by atoms with Crippen LogP contribution in [0.2, 0.25) is 0 Å². The summed E-state index contributed by atoms with van der Waals surface area (Å²) in [5, 5.41) is 2.86. The van der Waals surface area contributed by atoms with Gasteiger partial charge in [0.2, 0.25) is 0 Å². The van der Waals surface area contributed by atoms with E-state index in [1.807, 2.05) is 24.3 Å². The maximum atomic E-state index is 11.8. The lowest BCUT2D eigenvalue weighted by molar-refractivity contribution is -0.127. The zero-order chi connectivity index (χ0) is 15.0. The van der Waals surface area contributed by atoms with Crippen LogP contribution in [-0.4, -0.2) is 18.6 Å². The number of rotatable bonds is 8. The molecule has 0 aromatic heterocycles. The Bertz CT molecular complexity index is 403. The van der Waals surface area contributed by atoms with E-state index in [1.54, 1.807) is 6.92 Å². The van der Waals surface area contributed by atoms with Gasteiger partial charge in [0.1, 0.15) is 5.75 Å². The molecule has 0 aliphatic carbocycles. The summed E-state index contributed by atoms with van der Waals surface area (Å²) in [6.07, 6.45) is 2.46. The molecule has 0 spiro atoms. The van der Waals surface area contributed by atoms with Crippen LogP contribution in [0.3, 0.4) is 0 Å². The monoisotopic (exact) mass is 278 g/mol. The van der Waals surface area contributed by atoms with Crippen LogP contribution < -0.4 is 15.8 Å². The van der Waals surface area contributed by atoms with Crippen LogP contribution in [0.5, 0.6) is 5.75 Å². The molecular formula is C16H26N2O2. The van der Waals surface area contributed by atoms with Gasteiger partial charge in [0, 0.05) is 12.6 Å². The van der Waals surface area contributed by atoms with Gasteiger partial charge in [-0.05, 0) is 37.5 Å². The lowest BCUT2D eigenvalue weighted by Gasteiger charge is -2.15. The molecule has 1 aromatic rings. The van der Waals surface area contributed by atoms with Gasteiger partial charge >= 0.3 is 0 Å². The van der Waals surface area contributed by atoms with Crippen molar-refractivity contribution >= 4 is 5.91 Å². The van der Waals surface area contributed by atoms with E-state index in [9.17, 15) is 4.79 Å². The first-order valence-electron chi connectivity index (χ1n) is 7.38. The van der Waals surface area contributed by atoms with Gasteiger partial charge in [0.15, 0.2) is 6.10 Å². The van der Waals surface area contributed by atoms with Crippen molar-refractivity contribution in [2.45, 2.75) is 52.2 Å². The number of carbonyl (C=O) groups is 1. The van der Waals surface area contributed by atoms with Crippen molar-refractivity contribution in [3.05, 3.63) is 29.8 Å². The fourth-order valence-electron chi connectivity index (χ4n) is 1.82. The predicted octanol–water partition coefficient (Wildman–Crippen LogP) is 2.78. The van der Waals surface area contributed by atoms with Gasteiger partial charge in [-0.25, -0.2) is 0 Å². The molecule has 0 aliphatic heterocycles. The summed E-state index contributed by atoms with van der Waals surface area (Å²) in [4.78, 5) is 11.8. The smallest absolute Gasteiger partial charge is 0.260 e. The standard InChI is InChI=1S/C16H26N2O2/c1-4-6-11-18-16(19)12(3)20-14-9-7-13(8-10-14)15(17)5-2/h7-10,12,15H,4-6,11,17H2,1-3H3,(H,18,19)/t12?,15-/m1/s1. The third-order valence-corrected chi connectivity index (χ3v) is 3.26. The van der Waals surface area contributed by atoms with Crippen molar-refractivity contribution in [1.82, 2.24) is 5.32 Å². The minimum Gasteiger partial charge on any atom is -0.481 e. The molecular weight excluding hydrogens is 252 g/mol. The number of ether oxygens (including phenoxy) is 1. The molecule has 4 nitrogen and oxygen atoms in total. The van der Waals surface area contributed by atoms with Gasteiger partial charge in [0.25, 0.3) is 5.91 Å². The second-order valence-corrected chi connectivity index (χ2v) is 4.99. The maximum Gasteiger partial charge on any atom is 0.260 e. The molecule has 4 heteroatoms. The van der Waals surface area contributed by atoms with Crippen molar-refractivity contribution in [2.24, 2.45) is 5.73 Å². The molecule has 0 heterocycles. The second kappa shape index (κ2) is 8.59. The molecule has 1 amide bonds.